The lowest BCUT2D eigenvalue weighted by atomic mass is 10.6. The van der Waals surface area contributed by atoms with E-state index in [4.69, 9.17) is 5.84 Å². The standard InChI is InChI=1S/C5H7N5O3/c6-7-5(11)3-9-2-1-4(8-9)10(12)13/h1-2H,3,6H2,(H,7,11). The first-order chi connectivity index (χ1) is 6.13. The Morgan fingerprint density at radius 2 is 2.54 bits per heavy atom. The molecule has 70 valence electrons. The lowest BCUT2D eigenvalue weighted by molar-refractivity contribution is -0.389. The van der Waals surface area contributed by atoms with Crippen molar-refractivity contribution in [3.05, 3.63) is 22.4 Å². The number of nitrogens with two attached hydrogens (primary N) is 1. The number of aromatic nitrogens is 2. The molecule has 1 aromatic rings. The number of hydrazine groups is 1. The summed E-state index contributed by atoms with van der Waals surface area (Å²) in [6.07, 6.45) is 1.33. The van der Waals surface area contributed by atoms with Gasteiger partial charge < -0.3 is 10.1 Å². The van der Waals surface area contributed by atoms with Crippen LogP contribution in [0.5, 0.6) is 0 Å². The second kappa shape index (κ2) is 3.63. The lowest BCUT2D eigenvalue weighted by Crippen LogP contribution is -2.33. The number of nitrogens with zero attached hydrogens (tertiary/aromatic N) is 3. The highest BCUT2D eigenvalue weighted by molar-refractivity contribution is 5.74. The molecule has 1 amide bonds. The Bertz CT molecular complexity index is 333. The first kappa shape index (κ1) is 9.13. The van der Waals surface area contributed by atoms with E-state index in [1.165, 1.54) is 12.3 Å². The quantitative estimate of drug-likeness (QED) is 0.265. The number of amides is 1. The zero-order valence-electron chi connectivity index (χ0n) is 6.51. The molecule has 8 heteroatoms. The van der Waals surface area contributed by atoms with Gasteiger partial charge >= 0.3 is 5.82 Å². The van der Waals surface area contributed by atoms with Crippen LogP contribution in [0.25, 0.3) is 0 Å². The van der Waals surface area contributed by atoms with E-state index in [1.807, 2.05) is 5.43 Å². The predicted octanol–water partition coefficient (Wildman–Crippen LogP) is -1.22. The summed E-state index contributed by atoms with van der Waals surface area (Å²) in [6.45, 7) is -0.135. The molecule has 0 fully saturated rings. The number of carbonyl (C=O) groups is 1. The summed E-state index contributed by atoms with van der Waals surface area (Å²) in [7, 11) is 0. The highest BCUT2D eigenvalue weighted by Crippen LogP contribution is 2.04. The van der Waals surface area contributed by atoms with Crippen LogP contribution in [-0.2, 0) is 11.3 Å². The monoisotopic (exact) mass is 185 g/mol. The van der Waals surface area contributed by atoms with E-state index in [2.05, 4.69) is 5.10 Å². The van der Waals surface area contributed by atoms with Gasteiger partial charge in [-0.2, -0.15) is 4.68 Å². The average Bonchev–Trinajstić information content (AvgIpc) is 2.52. The summed E-state index contributed by atoms with van der Waals surface area (Å²) >= 11 is 0. The highest BCUT2D eigenvalue weighted by Gasteiger charge is 2.12. The normalized spacial score (nSPS) is 9.62. The molecule has 8 nitrogen and oxygen atoms in total. The van der Waals surface area contributed by atoms with Crippen LogP contribution in [-0.4, -0.2) is 20.6 Å². The maximum Gasteiger partial charge on any atom is 0.389 e. The van der Waals surface area contributed by atoms with Crippen LogP contribution in [0.15, 0.2) is 12.3 Å². The first-order valence-corrected chi connectivity index (χ1v) is 3.31. The minimum atomic E-state index is -0.642. The van der Waals surface area contributed by atoms with Gasteiger partial charge in [0.15, 0.2) is 0 Å². The van der Waals surface area contributed by atoms with Gasteiger partial charge in [0.2, 0.25) is 0 Å². The molecular weight excluding hydrogens is 178 g/mol. The number of hydrogen-bond donors (Lipinski definition) is 2. The summed E-state index contributed by atoms with van der Waals surface area (Å²) < 4.78 is 1.13. The van der Waals surface area contributed by atoms with Crippen molar-refractivity contribution in [2.24, 2.45) is 5.84 Å². The maximum atomic E-state index is 10.7. The molecule has 1 rings (SSSR count). The van der Waals surface area contributed by atoms with Crippen LogP contribution in [0.3, 0.4) is 0 Å². The molecule has 0 spiro atoms. The molecule has 0 aromatic carbocycles. The third-order valence-electron chi connectivity index (χ3n) is 1.28. The van der Waals surface area contributed by atoms with Gasteiger partial charge in [0.25, 0.3) is 5.91 Å². The zero-order chi connectivity index (χ0) is 9.84. The Morgan fingerprint density at radius 3 is 3.00 bits per heavy atom. The van der Waals surface area contributed by atoms with E-state index in [1.54, 1.807) is 0 Å². The smallest absolute Gasteiger partial charge is 0.358 e. The summed E-state index contributed by atoms with van der Waals surface area (Å²) in [4.78, 5) is 20.2. The minimum absolute atomic E-state index is 0.135. The summed E-state index contributed by atoms with van der Waals surface area (Å²) in [5.74, 6) is 4.04. The van der Waals surface area contributed by atoms with Crippen molar-refractivity contribution in [1.82, 2.24) is 15.2 Å². The van der Waals surface area contributed by atoms with Crippen molar-refractivity contribution in [3.63, 3.8) is 0 Å². The third-order valence-corrected chi connectivity index (χ3v) is 1.28. The SMILES string of the molecule is NNC(=O)Cn1ccc([N+](=O)[O-])n1. The Kier molecular flexibility index (Phi) is 2.55. The van der Waals surface area contributed by atoms with Crippen LogP contribution in [0, 0.1) is 10.1 Å². The average molecular weight is 185 g/mol. The third kappa shape index (κ3) is 2.24. The summed E-state index contributed by atoms with van der Waals surface area (Å²) in [6, 6.07) is 1.20. The molecule has 0 saturated heterocycles. The molecule has 1 aromatic heterocycles. The number of carbonyl (C=O) groups excluding carboxylic acids is 1. The van der Waals surface area contributed by atoms with E-state index in [-0.39, 0.29) is 12.4 Å². The molecule has 0 saturated carbocycles. The van der Waals surface area contributed by atoms with Gasteiger partial charge in [0, 0.05) is 0 Å². The Balaban J connectivity index is 2.69. The minimum Gasteiger partial charge on any atom is -0.358 e. The lowest BCUT2D eigenvalue weighted by Gasteiger charge is -1.94. The van der Waals surface area contributed by atoms with Gasteiger partial charge in [-0.15, -0.1) is 0 Å². The first-order valence-electron chi connectivity index (χ1n) is 3.31. The second-order valence-corrected chi connectivity index (χ2v) is 2.20. The predicted molar refractivity (Wildman–Crippen MR) is 41.2 cm³/mol. The fraction of sp³-hybridized carbons (Fsp3) is 0.200. The summed E-state index contributed by atoms with van der Waals surface area (Å²) in [5.41, 5.74) is 1.88. The van der Waals surface area contributed by atoms with Gasteiger partial charge in [-0.3, -0.25) is 10.2 Å². The molecule has 0 bridgehead atoms. The van der Waals surface area contributed by atoms with Crippen molar-refractivity contribution < 1.29 is 9.72 Å². The van der Waals surface area contributed by atoms with E-state index < -0.39 is 10.8 Å². The van der Waals surface area contributed by atoms with E-state index in [0.29, 0.717) is 0 Å². The van der Waals surface area contributed by atoms with Crippen molar-refractivity contribution >= 4 is 11.7 Å². The molecule has 0 aliphatic heterocycles. The van der Waals surface area contributed by atoms with E-state index in [0.717, 1.165) is 4.68 Å². The molecule has 1 heterocycles. The van der Waals surface area contributed by atoms with Crippen molar-refractivity contribution in [1.29, 1.82) is 0 Å². The van der Waals surface area contributed by atoms with Crippen molar-refractivity contribution in [3.8, 4) is 0 Å². The Labute approximate surface area is 72.4 Å². The van der Waals surface area contributed by atoms with Crippen LogP contribution < -0.4 is 11.3 Å². The van der Waals surface area contributed by atoms with Crippen LogP contribution in [0.1, 0.15) is 0 Å². The number of nitrogens with one attached hydrogen (secondary N) is 1. The van der Waals surface area contributed by atoms with Crippen LogP contribution in [0.4, 0.5) is 5.82 Å². The molecule has 13 heavy (non-hydrogen) atoms. The largest absolute Gasteiger partial charge is 0.389 e. The van der Waals surface area contributed by atoms with Gasteiger partial charge in [-0.05, 0) is 4.92 Å². The Morgan fingerprint density at radius 1 is 1.85 bits per heavy atom. The van der Waals surface area contributed by atoms with E-state index >= 15 is 0 Å². The molecule has 3 N–H and O–H groups in total. The van der Waals surface area contributed by atoms with Gasteiger partial charge in [0.05, 0.1) is 17.4 Å². The molecule has 0 aliphatic rings. The molecule has 0 atom stereocenters. The van der Waals surface area contributed by atoms with Gasteiger partial charge in [-0.1, -0.05) is 0 Å². The van der Waals surface area contributed by atoms with Crippen LogP contribution >= 0.6 is 0 Å². The highest BCUT2D eigenvalue weighted by atomic mass is 16.6. The van der Waals surface area contributed by atoms with Gasteiger partial charge in [-0.25, -0.2) is 5.84 Å². The fourth-order valence-corrected chi connectivity index (χ4v) is 0.729. The van der Waals surface area contributed by atoms with Crippen molar-refractivity contribution in [2.75, 3.05) is 0 Å². The molecule has 0 radical (unpaired) electrons. The second-order valence-electron chi connectivity index (χ2n) is 2.20. The van der Waals surface area contributed by atoms with E-state index in [9.17, 15) is 14.9 Å². The number of hydrogen-bond acceptors (Lipinski definition) is 5. The summed E-state index contributed by atoms with van der Waals surface area (Å²) in [5, 5.41) is 13.7. The maximum absolute atomic E-state index is 10.7. The number of rotatable bonds is 3. The number of nitro groups is 1. The van der Waals surface area contributed by atoms with Crippen LogP contribution in [0.2, 0.25) is 0 Å². The Hall–Kier alpha value is -1.96. The fourth-order valence-electron chi connectivity index (χ4n) is 0.729. The molecule has 0 unspecified atom stereocenters. The van der Waals surface area contributed by atoms with Gasteiger partial charge in [0.1, 0.15) is 6.54 Å². The zero-order valence-corrected chi connectivity index (χ0v) is 6.51. The van der Waals surface area contributed by atoms with Crippen molar-refractivity contribution in [2.45, 2.75) is 6.54 Å². The topological polar surface area (TPSA) is 116 Å². The molecular formula is C5H7N5O3. The molecule has 0 aliphatic carbocycles.